The number of rotatable bonds is 8. The Morgan fingerprint density at radius 2 is 1.70 bits per heavy atom. The third kappa shape index (κ3) is 7.99. The molecule has 0 bridgehead atoms. The minimum atomic E-state index is -5.08. The highest BCUT2D eigenvalue weighted by Crippen LogP contribution is 2.43. The lowest BCUT2D eigenvalue weighted by Crippen LogP contribution is -2.73. The molecule has 10 nitrogen and oxygen atoms in total. The highest BCUT2D eigenvalue weighted by molar-refractivity contribution is 6.30. The summed E-state index contributed by atoms with van der Waals surface area (Å²) in [6.45, 7) is 14.1. The van der Waals surface area contributed by atoms with E-state index in [9.17, 15) is 18.4 Å². The zero-order valence-electron chi connectivity index (χ0n) is 28.1. The molecule has 1 spiro atoms. The third-order valence-electron chi connectivity index (χ3n) is 10.5. The van der Waals surface area contributed by atoms with E-state index in [1.54, 1.807) is 6.07 Å². The fraction of sp³-hybridized carbons (Fsp3) is 0.500. The molecular formula is C36H41ClF3N7O3. The third-order valence-corrected chi connectivity index (χ3v) is 10.7. The SMILES string of the molecule is CC(C)(c1ccc(OCc2ccnc(N3CCC4(CC3)CN(C3CN(C5CNC5)C3)C4)n2)cc1)c1cc(Cl)cc(C#N)c1.O=C(O)C(F)(F)F. The number of aliphatic carboxylic acids is 1. The second kappa shape index (κ2) is 14.3. The number of carbonyl (C=O) groups is 1. The molecule has 3 aromatic rings. The van der Waals surface area contributed by atoms with Crippen LogP contribution in [0.1, 0.15) is 49.1 Å². The number of alkyl halides is 3. The number of hydrogen-bond acceptors (Lipinski definition) is 9. The van der Waals surface area contributed by atoms with Crippen molar-refractivity contribution in [2.75, 3.05) is 57.3 Å². The first-order valence-electron chi connectivity index (χ1n) is 16.7. The monoisotopic (exact) mass is 711 g/mol. The van der Waals surface area contributed by atoms with Crippen LogP contribution in [0.2, 0.25) is 5.02 Å². The van der Waals surface area contributed by atoms with Crippen molar-refractivity contribution >= 4 is 23.5 Å². The molecule has 7 rings (SSSR count). The van der Waals surface area contributed by atoms with Crippen molar-refractivity contribution in [2.45, 2.75) is 57.0 Å². The standard InChI is InChI=1S/C34H40ClN7O.C2HF3O2/c1-33(2,26-13-24(16-36)14-27(35)15-26)25-3-5-31(6-4-25)43-21-28-7-10-38-32(39-28)40-11-8-34(9-12-40)22-42(23-34)30-19-41(20-30)29-17-37-18-29;3-2(4,5)1(6)7/h3-7,10,13-15,29-30,37H,8-9,11-12,17-23H2,1-2H3;(H,6,7). The van der Waals surface area contributed by atoms with Crippen LogP contribution in [-0.2, 0) is 16.8 Å². The number of piperidine rings is 1. The zero-order valence-corrected chi connectivity index (χ0v) is 28.8. The molecule has 50 heavy (non-hydrogen) atoms. The summed E-state index contributed by atoms with van der Waals surface area (Å²) in [7, 11) is 0. The van der Waals surface area contributed by atoms with Crippen LogP contribution in [0.25, 0.3) is 0 Å². The summed E-state index contributed by atoms with van der Waals surface area (Å²) >= 11 is 6.28. The molecule has 1 aromatic heterocycles. The van der Waals surface area contributed by atoms with Crippen molar-refractivity contribution in [3.63, 3.8) is 0 Å². The van der Waals surface area contributed by atoms with E-state index in [0.717, 1.165) is 53.7 Å². The maximum absolute atomic E-state index is 10.6. The maximum atomic E-state index is 10.6. The van der Waals surface area contributed by atoms with Gasteiger partial charge in [0, 0.05) is 81.1 Å². The molecule has 0 atom stereocenters. The number of nitrogens with zero attached hydrogens (tertiary/aromatic N) is 6. The first kappa shape index (κ1) is 35.9. The van der Waals surface area contributed by atoms with E-state index in [2.05, 4.69) is 57.0 Å². The van der Waals surface area contributed by atoms with Gasteiger partial charge >= 0.3 is 12.1 Å². The normalized spacial score (nSPS) is 19.7. The van der Waals surface area contributed by atoms with Gasteiger partial charge in [-0.1, -0.05) is 37.6 Å². The van der Waals surface area contributed by atoms with E-state index in [-0.39, 0.29) is 5.41 Å². The molecule has 0 aliphatic carbocycles. The topological polar surface area (TPSA) is 118 Å². The van der Waals surface area contributed by atoms with E-state index in [4.69, 9.17) is 31.2 Å². The van der Waals surface area contributed by atoms with Crippen LogP contribution >= 0.6 is 11.6 Å². The molecule has 4 aliphatic rings. The largest absolute Gasteiger partial charge is 0.490 e. The van der Waals surface area contributed by atoms with Crippen LogP contribution in [-0.4, -0.2) is 101 Å². The summed E-state index contributed by atoms with van der Waals surface area (Å²) in [5.74, 6) is -1.16. The van der Waals surface area contributed by atoms with Crippen LogP contribution in [0.15, 0.2) is 54.7 Å². The number of carboxylic acids is 1. The number of benzene rings is 2. The Bertz CT molecular complexity index is 1710. The van der Waals surface area contributed by atoms with E-state index < -0.39 is 12.1 Å². The van der Waals surface area contributed by atoms with E-state index in [1.807, 2.05) is 36.5 Å². The summed E-state index contributed by atoms with van der Waals surface area (Å²) in [4.78, 5) is 26.1. The molecule has 0 unspecified atom stereocenters. The van der Waals surface area contributed by atoms with Gasteiger partial charge in [-0.25, -0.2) is 14.8 Å². The van der Waals surface area contributed by atoms with E-state index >= 15 is 0 Å². The Kier molecular flexibility index (Phi) is 10.3. The molecule has 0 saturated carbocycles. The van der Waals surface area contributed by atoms with Crippen molar-refractivity contribution in [1.82, 2.24) is 25.1 Å². The van der Waals surface area contributed by atoms with Gasteiger partial charge in [0.25, 0.3) is 0 Å². The molecule has 2 N–H and O–H groups in total. The Labute approximate surface area is 294 Å². The van der Waals surface area contributed by atoms with Crippen LogP contribution in [0, 0.1) is 16.7 Å². The number of nitrogens with one attached hydrogen (secondary N) is 1. The second-order valence-electron chi connectivity index (χ2n) is 14.2. The molecule has 5 heterocycles. The first-order valence-corrected chi connectivity index (χ1v) is 17.1. The molecule has 14 heteroatoms. The average molecular weight is 712 g/mol. The molecule has 266 valence electrons. The fourth-order valence-electron chi connectivity index (χ4n) is 7.04. The van der Waals surface area contributed by atoms with Crippen molar-refractivity contribution in [3.8, 4) is 11.8 Å². The van der Waals surface area contributed by atoms with E-state index in [0.29, 0.717) is 22.6 Å². The van der Waals surface area contributed by atoms with Gasteiger partial charge in [0.2, 0.25) is 5.95 Å². The summed E-state index contributed by atoms with van der Waals surface area (Å²) in [6.07, 6.45) is -0.804. The fourth-order valence-corrected chi connectivity index (χ4v) is 7.28. The van der Waals surface area contributed by atoms with Crippen LogP contribution in [0.4, 0.5) is 19.1 Å². The van der Waals surface area contributed by atoms with Crippen LogP contribution in [0.3, 0.4) is 0 Å². The van der Waals surface area contributed by atoms with Crippen LogP contribution < -0.4 is 15.0 Å². The lowest BCUT2D eigenvalue weighted by Gasteiger charge is -2.61. The minimum Gasteiger partial charge on any atom is -0.487 e. The van der Waals surface area contributed by atoms with Gasteiger partial charge in [0.15, 0.2) is 0 Å². The Hall–Kier alpha value is -3.96. The number of aromatic nitrogens is 2. The smallest absolute Gasteiger partial charge is 0.487 e. The number of anilines is 1. The van der Waals surface area contributed by atoms with Gasteiger partial charge < -0.3 is 20.1 Å². The summed E-state index contributed by atoms with van der Waals surface area (Å²) in [5.41, 5.74) is 3.74. The molecule has 4 saturated heterocycles. The van der Waals surface area contributed by atoms with E-state index in [1.165, 1.54) is 52.1 Å². The number of carboxylic acid groups (broad SMARTS) is 1. The molecule has 4 fully saturated rings. The highest BCUT2D eigenvalue weighted by Gasteiger charge is 2.50. The predicted molar refractivity (Wildman–Crippen MR) is 182 cm³/mol. The number of likely N-dealkylation sites (tertiary alicyclic amines) is 2. The molecule has 2 aromatic carbocycles. The van der Waals surface area contributed by atoms with Gasteiger partial charge in [-0.05, 0) is 65.8 Å². The average Bonchev–Trinajstić information content (AvgIpc) is 3.03. The van der Waals surface area contributed by atoms with Crippen molar-refractivity contribution in [2.24, 2.45) is 5.41 Å². The molecule has 4 aliphatic heterocycles. The number of ether oxygens (including phenoxy) is 1. The summed E-state index contributed by atoms with van der Waals surface area (Å²) < 4.78 is 37.9. The minimum absolute atomic E-state index is 0.312. The lowest BCUT2D eigenvalue weighted by atomic mass is 9.71. The quantitative estimate of drug-likeness (QED) is 0.327. The second-order valence-corrected chi connectivity index (χ2v) is 14.7. The first-order chi connectivity index (χ1) is 23.7. The van der Waals surface area contributed by atoms with Crippen molar-refractivity contribution in [1.29, 1.82) is 5.26 Å². The van der Waals surface area contributed by atoms with Gasteiger partial charge in [-0.3, -0.25) is 9.80 Å². The molecule has 0 radical (unpaired) electrons. The number of halogens is 4. The van der Waals surface area contributed by atoms with Gasteiger partial charge in [0.05, 0.1) is 17.3 Å². The number of nitriles is 1. The highest BCUT2D eigenvalue weighted by atomic mass is 35.5. The summed E-state index contributed by atoms with van der Waals surface area (Å²) in [5, 5.41) is 20.4. The Balaban J connectivity index is 0.000000561. The van der Waals surface area contributed by atoms with Gasteiger partial charge in [-0.15, -0.1) is 0 Å². The van der Waals surface area contributed by atoms with Gasteiger partial charge in [-0.2, -0.15) is 18.4 Å². The molecule has 0 amide bonds. The lowest BCUT2D eigenvalue weighted by molar-refractivity contribution is -0.192. The number of hydrogen-bond donors (Lipinski definition) is 2. The Morgan fingerprint density at radius 1 is 1.04 bits per heavy atom. The Morgan fingerprint density at radius 3 is 2.28 bits per heavy atom. The summed E-state index contributed by atoms with van der Waals surface area (Å²) in [6, 6.07) is 19.4. The van der Waals surface area contributed by atoms with Crippen molar-refractivity contribution in [3.05, 3.63) is 82.1 Å². The maximum Gasteiger partial charge on any atom is 0.490 e. The van der Waals surface area contributed by atoms with Crippen LogP contribution in [0.5, 0.6) is 5.75 Å². The molecular weight excluding hydrogens is 671 g/mol. The predicted octanol–water partition coefficient (Wildman–Crippen LogP) is 5.10. The van der Waals surface area contributed by atoms with Gasteiger partial charge in [0.1, 0.15) is 12.4 Å². The zero-order chi connectivity index (χ0) is 35.7. The van der Waals surface area contributed by atoms with Crippen molar-refractivity contribution < 1.29 is 27.8 Å².